The molecule has 1 aliphatic heterocycles. The molecule has 4 N–H and O–H groups in total. The monoisotopic (exact) mass is 328 g/mol. The molecule has 0 saturated carbocycles. The number of aliphatic hydroxyl groups is 4. The lowest BCUT2D eigenvalue weighted by atomic mass is 9.99. The predicted octanol–water partition coefficient (Wildman–Crippen LogP) is -0.202. The van der Waals surface area contributed by atoms with Crippen molar-refractivity contribution in [2.24, 2.45) is 0 Å². The molecule has 0 spiro atoms. The smallest absolute Gasteiger partial charge is 0.229 e. The van der Waals surface area contributed by atoms with Crippen molar-refractivity contribution >= 4 is 17.1 Å². The van der Waals surface area contributed by atoms with Crippen LogP contribution in [0.1, 0.15) is 12.5 Å². The summed E-state index contributed by atoms with van der Waals surface area (Å²) in [4.78, 5) is 0.877. The Balaban J connectivity index is 2.04. The lowest BCUT2D eigenvalue weighted by Crippen LogP contribution is -2.60. The highest BCUT2D eigenvalue weighted by Gasteiger charge is 2.44. The summed E-state index contributed by atoms with van der Waals surface area (Å²) in [6, 6.07) is 7.09. The summed E-state index contributed by atoms with van der Waals surface area (Å²) < 4.78 is 10.8. The quantitative estimate of drug-likeness (QED) is 0.555. The molecule has 122 valence electrons. The number of aliphatic hydroxyl groups excluding tert-OH is 4. The summed E-state index contributed by atoms with van der Waals surface area (Å²) in [7, 11) is 0. The van der Waals surface area contributed by atoms with Gasteiger partial charge in [-0.2, -0.15) is 0 Å². The van der Waals surface area contributed by atoms with Gasteiger partial charge in [0.25, 0.3) is 0 Å². The SMILES string of the molecule is CC(=S)Cc1ccc(OC2OC(CO)C(O)C(O)C2O)cc1. The van der Waals surface area contributed by atoms with E-state index in [1.165, 1.54) is 0 Å². The third-order valence-corrected chi connectivity index (χ3v) is 3.62. The molecular weight excluding hydrogens is 308 g/mol. The van der Waals surface area contributed by atoms with Gasteiger partial charge in [-0.1, -0.05) is 24.4 Å². The molecule has 5 unspecified atom stereocenters. The number of hydrogen-bond acceptors (Lipinski definition) is 7. The van der Waals surface area contributed by atoms with Gasteiger partial charge in [0, 0.05) is 6.42 Å². The van der Waals surface area contributed by atoms with E-state index in [0.717, 1.165) is 10.4 Å². The van der Waals surface area contributed by atoms with E-state index in [2.05, 4.69) is 0 Å². The second kappa shape index (κ2) is 7.45. The molecular formula is C15H20O6S. The lowest BCUT2D eigenvalue weighted by molar-refractivity contribution is -0.277. The fourth-order valence-electron chi connectivity index (χ4n) is 2.27. The van der Waals surface area contributed by atoms with Crippen LogP contribution in [0, 0.1) is 0 Å². The van der Waals surface area contributed by atoms with E-state index in [9.17, 15) is 15.3 Å². The highest BCUT2D eigenvalue weighted by molar-refractivity contribution is 7.80. The van der Waals surface area contributed by atoms with Crippen LogP contribution < -0.4 is 4.74 Å². The fourth-order valence-corrected chi connectivity index (χ4v) is 2.44. The van der Waals surface area contributed by atoms with Crippen LogP contribution in [-0.4, -0.2) is 62.6 Å². The highest BCUT2D eigenvalue weighted by Crippen LogP contribution is 2.24. The van der Waals surface area contributed by atoms with Gasteiger partial charge in [0.15, 0.2) is 0 Å². The van der Waals surface area contributed by atoms with E-state index in [4.69, 9.17) is 26.8 Å². The summed E-state index contributed by atoms with van der Waals surface area (Å²) in [5.41, 5.74) is 1.04. The van der Waals surface area contributed by atoms with Crippen LogP contribution >= 0.6 is 12.2 Å². The average molecular weight is 328 g/mol. The number of ether oxygens (including phenoxy) is 2. The summed E-state index contributed by atoms with van der Waals surface area (Å²) in [6.07, 6.45) is -5.73. The molecule has 22 heavy (non-hydrogen) atoms. The van der Waals surface area contributed by atoms with E-state index in [1.54, 1.807) is 12.1 Å². The first-order chi connectivity index (χ1) is 10.4. The Morgan fingerprint density at radius 3 is 2.32 bits per heavy atom. The number of thiocarbonyl (C=S) groups is 1. The third kappa shape index (κ3) is 4.01. The van der Waals surface area contributed by atoms with Crippen molar-refractivity contribution in [1.29, 1.82) is 0 Å². The molecule has 0 bridgehead atoms. The van der Waals surface area contributed by atoms with Gasteiger partial charge in [-0.05, 0) is 29.5 Å². The van der Waals surface area contributed by atoms with E-state index < -0.39 is 37.3 Å². The van der Waals surface area contributed by atoms with Crippen LogP contribution in [0.4, 0.5) is 0 Å². The first-order valence-corrected chi connectivity index (χ1v) is 7.38. The lowest BCUT2D eigenvalue weighted by Gasteiger charge is -2.39. The molecule has 1 aliphatic rings. The van der Waals surface area contributed by atoms with Crippen LogP contribution in [-0.2, 0) is 11.2 Å². The Bertz CT molecular complexity index is 503. The molecule has 5 atom stereocenters. The Hall–Kier alpha value is -1.09. The second-order valence-corrected chi connectivity index (χ2v) is 6.03. The standard InChI is InChI=1S/C15H20O6S/c1-8(22)6-9-2-4-10(5-3-9)20-15-14(19)13(18)12(17)11(7-16)21-15/h2-5,11-19H,6-7H2,1H3. The Morgan fingerprint density at radius 2 is 1.77 bits per heavy atom. The normalized spacial score (nSPS) is 31.8. The van der Waals surface area contributed by atoms with Gasteiger partial charge in [-0.3, -0.25) is 0 Å². The third-order valence-electron chi connectivity index (χ3n) is 3.48. The van der Waals surface area contributed by atoms with E-state index in [-0.39, 0.29) is 0 Å². The van der Waals surface area contributed by atoms with Crippen LogP contribution in [0.25, 0.3) is 0 Å². The van der Waals surface area contributed by atoms with Crippen molar-refractivity contribution in [1.82, 2.24) is 0 Å². The van der Waals surface area contributed by atoms with Crippen molar-refractivity contribution in [3.8, 4) is 5.75 Å². The predicted molar refractivity (Wildman–Crippen MR) is 82.8 cm³/mol. The van der Waals surface area contributed by atoms with Gasteiger partial charge in [-0.15, -0.1) is 0 Å². The number of benzene rings is 1. The Morgan fingerprint density at radius 1 is 1.14 bits per heavy atom. The summed E-state index contributed by atoms with van der Waals surface area (Å²) >= 11 is 5.05. The van der Waals surface area contributed by atoms with Crippen LogP contribution in [0.5, 0.6) is 5.75 Å². The second-order valence-electron chi connectivity index (χ2n) is 5.34. The molecule has 1 fully saturated rings. The molecule has 0 radical (unpaired) electrons. The zero-order chi connectivity index (χ0) is 16.3. The van der Waals surface area contributed by atoms with Crippen molar-refractivity contribution in [2.45, 2.75) is 44.1 Å². The maximum Gasteiger partial charge on any atom is 0.229 e. The van der Waals surface area contributed by atoms with Crippen molar-refractivity contribution in [3.63, 3.8) is 0 Å². The fraction of sp³-hybridized carbons (Fsp3) is 0.533. The average Bonchev–Trinajstić information content (AvgIpc) is 2.49. The van der Waals surface area contributed by atoms with E-state index in [0.29, 0.717) is 12.2 Å². The topological polar surface area (TPSA) is 99.4 Å². The minimum absolute atomic E-state index is 0.440. The molecule has 6 nitrogen and oxygen atoms in total. The minimum atomic E-state index is -1.45. The highest BCUT2D eigenvalue weighted by atomic mass is 32.1. The zero-order valence-corrected chi connectivity index (χ0v) is 12.9. The van der Waals surface area contributed by atoms with Gasteiger partial charge in [0.1, 0.15) is 30.2 Å². The molecule has 7 heteroatoms. The van der Waals surface area contributed by atoms with E-state index in [1.807, 2.05) is 19.1 Å². The number of hydrogen-bond donors (Lipinski definition) is 4. The molecule has 0 amide bonds. The summed E-state index contributed by atoms with van der Waals surface area (Å²) in [5, 5.41) is 38.4. The van der Waals surface area contributed by atoms with Crippen LogP contribution in [0.15, 0.2) is 24.3 Å². The van der Waals surface area contributed by atoms with Gasteiger partial charge in [0.05, 0.1) is 6.61 Å². The Labute approximate surface area is 133 Å². The van der Waals surface area contributed by atoms with Gasteiger partial charge >= 0.3 is 0 Å². The first-order valence-electron chi connectivity index (χ1n) is 6.98. The van der Waals surface area contributed by atoms with Crippen molar-refractivity contribution in [3.05, 3.63) is 29.8 Å². The zero-order valence-electron chi connectivity index (χ0n) is 12.1. The van der Waals surface area contributed by atoms with E-state index >= 15 is 0 Å². The largest absolute Gasteiger partial charge is 0.462 e. The summed E-state index contributed by atoms with van der Waals surface area (Å²) in [5.74, 6) is 0.440. The van der Waals surface area contributed by atoms with Crippen LogP contribution in [0.3, 0.4) is 0 Å². The molecule has 1 aromatic carbocycles. The van der Waals surface area contributed by atoms with Gasteiger partial charge in [0.2, 0.25) is 6.29 Å². The molecule has 0 aromatic heterocycles. The summed E-state index contributed by atoms with van der Waals surface area (Å²) in [6.45, 7) is 1.38. The van der Waals surface area contributed by atoms with Gasteiger partial charge in [-0.25, -0.2) is 0 Å². The molecule has 1 saturated heterocycles. The maximum atomic E-state index is 9.90. The molecule has 0 aliphatic carbocycles. The molecule has 1 aromatic rings. The van der Waals surface area contributed by atoms with Crippen LogP contribution in [0.2, 0.25) is 0 Å². The van der Waals surface area contributed by atoms with Crippen molar-refractivity contribution in [2.75, 3.05) is 6.61 Å². The molecule has 2 rings (SSSR count). The Kier molecular flexibility index (Phi) is 5.85. The number of rotatable bonds is 5. The van der Waals surface area contributed by atoms with Crippen molar-refractivity contribution < 1.29 is 29.9 Å². The van der Waals surface area contributed by atoms with Gasteiger partial charge < -0.3 is 29.9 Å². The maximum absolute atomic E-state index is 9.90. The minimum Gasteiger partial charge on any atom is -0.462 e. The first kappa shape index (κ1) is 17.3. The molecule has 1 heterocycles.